The molecule has 0 aromatic carbocycles. The number of aromatic nitrogens is 2. The molecule has 0 spiro atoms. The van der Waals surface area contributed by atoms with Crippen molar-refractivity contribution < 1.29 is 19.3 Å². The van der Waals surface area contributed by atoms with Crippen LogP contribution >= 0.6 is 8.38 Å². The Balaban J connectivity index is 2.07. The first-order valence-electron chi connectivity index (χ1n) is 5.72. The van der Waals surface area contributed by atoms with Crippen LogP contribution in [0.15, 0.2) is 15.8 Å². The minimum Gasteiger partial charge on any atom is -0.348 e. The van der Waals surface area contributed by atoms with E-state index in [0.717, 1.165) is 0 Å². The van der Waals surface area contributed by atoms with E-state index in [0.29, 0.717) is 18.4 Å². The SMILES string of the molecule is Cc1cn(C2CCC(OCP(O)O)O2)c(=O)[nH]c1=O. The molecule has 1 fully saturated rings. The highest BCUT2D eigenvalue weighted by atomic mass is 31.2. The standard InChI is InChI=1S/C10H15N2O6P/c1-6-4-12(10(14)11-9(6)13)7-2-3-8(18-7)17-5-19(15)16/h4,7-8,15-16H,2-3,5H2,1H3,(H,11,13,14). The average Bonchev–Trinajstić information content (AvgIpc) is 2.80. The molecule has 2 unspecified atom stereocenters. The largest absolute Gasteiger partial charge is 0.348 e. The summed E-state index contributed by atoms with van der Waals surface area (Å²) in [6, 6.07) is 0. The Hall–Kier alpha value is -1.05. The maximum atomic E-state index is 11.7. The van der Waals surface area contributed by atoms with Crippen LogP contribution in [0.25, 0.3) is 0 Å². The van der Waals surface area contributed by atoms with Crippen molar-refractivity contribution >= 4 is 8.38 Å². The number of ether oxygens (including phenoxy) is 2. The Morgan fingerprint density at radius 2 is 2.26 bits per heavy atom. The Kier molecular flexibility index (Phi) is 4.49. The highest BCUT2D eigenvalue weighted by Crippen LogP contribution is 2.31. The molecule has 1 aliphatic rings. The monoisotopic (exact) mass is 290 g/mol. The molecule has 1 aromatic heterocycles. The molecule has 1 aromatic rings. The zero-order valence-corrected chi connectivity index (χ0v) is 11.2. The van der Waals surface area contributed by atoms with Crippen LogP contribution in [-0.2, 0) is 9.47 Å². The molecule has 0 saturated carbocycles. The molecule has 0 bridgehead atoms. The fourth-order valence-corrected chi connectivity index (χ4v) is 2.17. The van der Waals surface area contributed by atoms with Gasteiger partial charge >= 0.3 is 5.69 Å². The molecule has 3 N–H and O–H groups in total. The number of rotatable bonds is 4. The minimum absolute atomic E-state index is 0.188. The maximum absolute atomic E-state index is 11.7. The molecule has 1 saturated heterocycles. The topological polar surface area (TPSA) is 114 Å². The predicted molar refractivity (Wildman–Crippen MR) is 66.5 cm³/mol. The lowest BCUT2D eigenvalue weighted by Gasteiger charge is -2.16. The Labute approximate surface area is 109 Å². The molecule has 106 valence electrons. The van der Waals surface area contributed by atoms with Crippen molar-refractivity contribution in [3.8, 4) is 0 Å². The third kappa shape index (κ3) is 3.49. The van der Waals surface area contributed by atoms with Crippen LogP contribution in [0.3, 0.4) is 0 Å². The van der Waals surface area contributed by atoms with Gasteiger partial charge in [-0.25, -0.2) is 4.79 Å². The van der Waals surface area contributed by atoms with Crippen molar-refractivity contribution in [2.75, 3.05) is 6.35 Å². The summed E-state index contributed by atoms with van der Waals surface area (Å²) in [5.41, 5.74) is -0.534. The predicted octanol–water partition coefficient (Wildman–Crippen LogP) is -0.249. The molecule has 0 radical (unpaired) electrons. The lowest BCUT2D eigenvalue weighted by molar-refractivity contribution is -0.141. The van der Waals surface area contributed by atoms with Gasteiger partial charge in [-0.1, -0.05) is 0 Å². The van der Waals surface area contributed by atoms with Crippen molar-refractivity contribution in [1.29, 1.82) is 0 Å². The maximum Gasteiger partial charge on any atom is 0.330 e. The second-order valence-electron chi connectivity index (χ2n) is 4.24. The molecule has 2 atom stereocenters. The van der Waals surface area contributed by atoms with Gasteiger partial charge in [0.1, 0.15) is 12.6 Å². The number of aromatic amines is 1. The summed E-state index contributed by atoms with van der Waals surface area (Å²) < 4.78 is 11.9. The average molecular weight is 290 g/mol. The van der Waals surface area contributed by atoms with Crippen LogP contribution in [-0.4, -0.2) is 32.0 Å². The zero-order valence-electron chi connectivity index (χ0n) is 10.3. The Bertz CT molecular complexity index is 554. The smallest absolute Gasteiger partial charge is 0.330 e. The molecular formula is C10H15N2O6P. The lowest BCUT2D eigenvalue weighted by atomic mass is 10.3. The molecular weight excluding hydrogens is 275 g/mol. The first kappa shape index (κ1) is 14.4. The van der Waals surface area contributed by atoms with Gasteiger partial charge < -0.3 is 19.3 Å². The van der Waals surface area contributed by atoms with Crippen LogP contribution in [0, 0.1) is 6.92 Å². The highest BCUT2D eigenvalue weighted by molar-refractivity contribution is 7.44. The van der Waals surface area contributed by atoms with Gasteiger partial charge in [-0.3, -0.25) is 14.3 Å². The van der Waals surface area contributed by atoms with E-state index in [-0.39, 0.29) is 6.35 Å². The summed E-state index contributed by atoms with van der Waals surface area (Å²) >= 11 is 0. The number of hydrogen-bond acceptors (Lipinski definition) is 6. The Morgan fingerprint density at radius 1 is 1.53 bits per heavy atom. The third-order valence-electron chi connectivity index (χ3n) is 2.79. The van der Waals surface area contributed by atoms with E-state index in [1.807, 2.05) is 0 Å². The number of hydrogen-bond donors (Lipinski definition) is 3. The van der Waals surface area contributed by atoms with Gasteiger partial charge in [0, 0.05) is 18.2 Å². The van der Waals surface area contributed by atoms with Crippen molar-refractivity contribution in [3.05, 3.63) is 32.6 Å². The molecule has 19 heavy (non-hydrogen) atoms. The van der Waals surface area contributed by atoms with Gasteiger partial charge in [0.15, 0.2) is 14.7 Å². The van der Waals surface area contributed by atoms with Crippen LogP contribution in [0.5, 0.6) is 0 Å². The first-order valence-corrected chi connectivity index (χ1v) is 7.15. The summed E-state index contributed by atoms with van der Waals surface area (Å²) in [6.45, 7) is 1.60. The second kappa shape index (κ2) is 5.94. The summed E-state index contributed by atoms with van der Waals surface area (Å²) in [5, 5.41) is 0. The van der Waals surface area contributed by atoms with Crippen molar-refractivity contribution in [2.45, 2.75) is 32.3 Å². The molecule has 8 nitrogen and oxygen atoms in total. The molecule has 0 aliphatic carbocycles. The summed E-state index contributed by atoms with van der Waals surface area (Å²) in [5.74, 6) is 0. The van der Waals surface area contributed by atoms with Gasteiger partial charge in [0.2, 0.25) is 0 Å². The summed E-state index contributed by atoms with van der Waals surface area (Å²) in [7, 11) is -2.12. The van der Waals surface area contributed by atoms with Crippen LogP contribution in [0.1, 0.15) is 24.6 Å². The molecule has 0 amide bonds. The fraction of sp³-hybridized carbons (Fsp3) is 0.600. The van der Waals surface area contributed by atoms with Crippen molar-refractivity contribution in [1.82, 2.24) is 9.55 Å². The van der Waals surface area contributed by atoms with E-state index in [9.17, 15) is 9.59 Å². The van der Waals surface area contributed by atoms with E-state index < -0.39 is 32.1 Å². The summed E-state index contributed by atoms with van der Waals surface area (Å²) in [6.07, 6.45) is 1.25. The number of aryl methyl sites for hydroxylation is 1. The molecule has 2 rings (SSSR count). The second-order valence-corrected chi connectivity index (χ2v) is 5.25. The van der Waals surface area contributed by atoms with Crippen LogP contribution in [0.2, 0.25) is 0 Å². The van der Waals surface area contributed by atoms with Gasteiger partial charge in [0.25, 0.3) is 5.56 Å². The van der Waals surface area contributed by atoms with Gasteiger partial charge in [-0.2, -0.15) is 0 Å². The van der Waals surface area contributed by atoms with Crippen molar-refractivity contribution in [3.63, 3.8) is 0 Å². The zero-order chi connectivity index (χ0) is 14.0. The lowest BCUT2D eigenvalue weighted by Crippen LogP contribution is -2.33. The highest BCUT2D eigenvalue weighted by Gasteiger charge is 2.28. The fourth-order valence-electron chi connectivity index (χ4n) is 1.87. The quantitative estimate of drug-likeness (QED) is 0.659. The van der Waals surface area contributed by atoms with Gasteiger partial charge in [-0.15, -0.1) is 0 Å². The summed E-state index contributed by atoms with van der Waals surface area (Å²) in [4.78, 5) is 42.6. The van der Waals surface area contributed by atoms with Gasteiger partial charge in [0.05, 0.1) is 0 Å². The van der Waals surface area contributed by atoms with E-state index in [4.69, 9.17) is 19.3 Å². The van der Waals surface area contributed by atoms with E-state index in [1.165, 1.54) is 10.8 Å². The first-order chi connectivity index (χ1) is 8.97. The van der Waals surface area contributed by atoms with Crippen molar-refractivity contribution in [2.24, 2.45) is 0 Å². The van der Waals surface area contributed by atoms with E-state index >= 15 is 0 Å². The molecule has 1 aliphatic heterocycles. The van der Waals surface area contributed by atoms with E-state index in [2.05, 4.69) is 4.98 Å². The third-order valence-corrected chi connectivity index (χ3v) is 3.17. The number of H-pyrrole nitrogens is 1. The minimum atomic E-state index is -2.12. The normalized spacial score (nSPS) is 23.2. The van der Waals surface area contributed by atoms with Crippen LogP contribution < -0.4 is 11.2 Å². The molecule has 2 heterocycles. The van der Waals surface area contributed by atoms with E-state index in [1.54, 1.807) is 6.92 Å². The number of nitrogens with one attached hydrogen (secondary N) is 1. The van der Waals surface area contributed by atoms with Crippen LogP contribution in [0.4, 0.5) is 0 Å². The Morgan fingerprint density at radius 3 is 2.95 bits per heavy atom. The molecule has 9 heteroatoms. The van der Waals surface area contributed by atoms with Gasteiger partial charge in [-0.05, 0) is 13.3 Å². The number of nitrogens with zero attached hydrogens (tertiary/aromatic N) is 1.